The fourth-order valence-corrected chi connectivity index (χ4v) is 13.5. The Morgan fingerprint density at radius 2 is 1.01 bits per heavy atom. The van der Waals surface area contributed by atoms with E-state index < -0.39 is 172 Å². The molecule has 14 N–H and O–H groups in total. The van der Waals surface area contributed by atoms with Crippen molar-refractivity contribution < 1.29 is 114 Å². The Balaban J connectivity index is 0.00000684. The molecule has 0 aromatic heterocycles. The van der Waals surface area contributed by atoms with E-state index in [-0.39, 0.29) is 24.7 Å². The molecule has 2 bridgehead atoms. The average molecular weight is 983 g/mol. The van der Waals surface area contributed by atoms with Crippen molar-refractivity contribution in [2.24, 2.45) is 28.1 Å². The number of aliphatic hydroxyl groups is 14. The molecule has 8 fully saturated rings. The van der Waals surface area contributed by atoms with Crippen LogP contribution >= 0.6 is 0 Å². The van der Waals surface area contributed by atoms with Crippen LogP contribution in [0.1, 0.15) is 79.1 Å². The molecule has 23 nitrogen and oxygen atoms in total. The Kier molecular flexibility index (Phi) is 16.2. The highest BCUT2D eigenvalue weighted by Gasteiger charge is 2.69. The minimum absolute atomic E-state index is 0. The van der Waals surface area contributed by atoms with E-state index in [9.17, 15) is 76.3 Å². The van der Waals surface area contributed by atoms with Gasteiger partial charge < -0.3 is 109 Å². The highest BCUT2D eigenvalue weighted by molar-refractivity contribution is 5.77. The van der Waals surface area contributed by atoms with Crippen LogP contribution in [0.2, 0.25) is 0 Å². The summed E-state index contributed by atoms with van der Waals surface area (Å²) in [5.41, 5.74) is -2.29. The molecule has 4 heterocycles. The summed E-state index contributed by atoms with van der Waals surface area (Å²) in [6.45, 7) is 5.47. The molecule has 392 valence electrons. The van der Waals surface area contributed by atoms with E-state index in [0.717, 1.165) is 12.0 Å². The number of carbonyl (C=O) groups is 1. The van der Waals surface area contributed by atoms with Crippen LogP contribution in [-0.2, 0) is 42.7 Å². The first-order chi connectivity index (χ1) is 31.6. The lowest BCUT2D eigenvalue weighted by Crippen LogP contribution is -2.66. The van der Waals surface area contributed by atoms with Crippen LogP contribution in [0.3, 0.4) is 0 Å². The first-order valence-corrected chi connectivity index (χ1v) is 23.4. The van der Waals surface area contributed by atoms with Crippen molar-refractivity contribution in [1.82, 2.24) is 0 Å². The van der Waals surface area contributed by atoms with Crippen LogP contribution < -0.4 is 0 Å². The van der Waals surface area contributed by atoms with E-state index in [1.165, 1.54) is 0 Å². The monoisotopic (exact) mass is 982 g/mol. The van der Waals surface area contributed by atoms with Crippen molar-refractivity contribution in [3.8, 4) is 0 Å². The number of hydrogen-bond acceptors (Lipinski definition) is 23. The average Bonchev–Trinajstić information content (AvgIpc) is 3.50. The number of esters is 1. The standard InChI is InChI=1S/C44H70O23.CH4/c1-17-11-43-9-5-22-41(2,7-4-8-42(22,3)40(59)66-38-34(30(55)26(51)20(14-47)62-38)64-36-32(57)28(53)24(49)18(12-45)60-36)23(43)6-10-44(17,16-43)67-39-35(31(56)27(52)21(15-48)63-39)65-37-33(58)29(54)25(50)19(13-46)61-37;/h18-39,45-58H,1,4-16H2,2-3H3;1H4/t18?,19?,20?,21?,22?,23-,24?,25?,26?,27?,28?,29?,30?,31?,32?,33?,34?,35?,36?,37?,38?,39?,41+,42+,43+,44?;/m0./s1. The van der Waals surface area contributed by atoms with E-state index in [0.29, 0.717) is 51.4 Å². The summed E-state index contributed by atoms with van der Waals surface area (Å²) >= 11 is 0. The lowest BCUT2D eigenvalue weighted by molar-refractivity contribution is -0.378. The van der Waals surface area contributed by atoms with Gasteiger partial charge in [0.1, 0.15) is 91.6 Å². The number of ether oxygens (including phenoxy) is 8. The van der Waals surface area contributed by atoms with Crippen LogP contribution in [0.5, 0.6) is 0 Å². The highest BCUT2D eigenvalue weighted by atomic mass is 16.8. The fraction of sp³-hybridized carbons (Fsp3) is 0.933. The molecule has 8 aliphatic rings. The molecule has 4 saturated heterocycles. The van der Waals surface area contributed by atoms with Crippen molar-refractivity contribution >= 4 is 5.97 Å². The fourth-order valence-electron chi connectivity index (χ4n) is 13.5. The molecule has 0 radical (unpaired) electrons. The molecule has 68 heavy (non-hydrogen) atoms. The van der Waals surface area contributed by atoms with E-state index in [1.807, 2.05) is 6.92 Å². The largest absolute Gasteiger partial charge is 0.432 e. The van der Waals surface area contributed by atoms with Crippen LogP contribution in [0, 0.1) is 28.1 Å². The SMILES string of the molecule is C.C=C1C[C@@]23CCC4[C@](C)(C(=O)OC5OC(CO)C(O)C(O)C5OC5OC(CO)C(O)C(O)C5O)CCC[C@@]4(C)[C@@H]2CCC1(OC1OC(CO)C(O)C(O)C1OC1OC(CO)C(O)C(O)C1O)C3. The van der Waals surface area contributed by atoms with Gasteiger partial charge in [-0.15, -0.1) is 0 Å². The molecule has 0 aromatic carbocycles. The van der Waals surface area contributed by atoms with Gasteiger partial charge in [0, 0.05) is 0 Å². The number of rotatable bonds is 12. The molecule has 4 saturated carbocycles. The summed E-state index contributed by atoms with van der Waals surface area (Å²) in [5.74, 6) is -0.927. The second-order valence-corrected chi connectivity index (χ2v) is 20.8. The first-order valence-electron chi connectivity index (χ1n) is 23.4. The van der Waals surface area contributed by atoms with E-state index in [1.54, 1.807) is 0 Å². The van der Waals surface area contributed by atoms with Gasteiger partial charge in [-0.2, -0.15) is 0 Å². The molecule has 23 heteroatoms. The third-order valence-electron chi connectivity index (χ3n) is 17.1. The smallest absolute Gasteiger partial charge is 0.314 e. The number of hydrogen-bond donors (Lipinski definition) is 14. The van der Waals surface area contributed by atoms with Crippen LogP contribution in [0.15, 0.2) is 12.2 Å². The van der Waals surface area contributed by atoms with Gasteiger partial charge in [0.2, 0.25) is 6.29 Å². The van der Waals surface area contributed by atoms with Crippen molar-refractivity contribution in [2.75, 3.05) is 26.4 Å². The van der Waals surface area contributed by atoms with Gasteiger partial charge in [-0.3, -0.25) is 4.79 Å². The quantitative estimate of drug-likeness (QED) is 0.0498. The third kappa shape index (κ3) is 8.91. The second-order valence-electron chi connectivity index (χ2n) is 20.8. The third-order valence-corrected chi connectivity index (χ3v) is 17.1. The summed E-state index contributed by atoms with van der Waals surface area (Å²) in [4.78, 5) is 14.7. The van der Waals surface area contributed by atoms with E-state index >= 15 is 0 Å². The highest BCUT2D eigenvalue weighted by Crippen LogP contribution is 2.73. The number of carbonyl (C=O) groups excluding carboxylic acids is 1. The molecule has 26 atom stereocenters. The van der Waals surface area contributed by atoms with Crippen molar-refractivity contribution in [2.45, 2.75) is 207 Å². The zero-order valence-corrected chi connectivity index (χ0v) is 37.5. The number of fused-ring (bicyclic) bond motifs is 3. The van der Waals surface area contributed by atoms with Crippen LogP contribution in [0.25, 0.3) is 0 Å². The Morgan fingerprint density at radius 1 is 0.574 bits per heavy atom. The van der Waals surface area contributed by atoms with Gasteiger partial charge in [0.15, 0.2) is 25.0 Å². The summed E-state index contributed by atoms with van der Waals surface area (Å²) in [7, 11) is 0. The minimum Gasteiger partial charge on any atom is -0.432 e. The van der Waals surface area contributed by atoms with Crippen molar-refractivity contribution in [3.05, 3.63) is 12.2 Å². The first kappa shape index (κ1) is 54.2. The molecule has 0 amide bonds. The van der Waals surface area contributed by atoms with Gasteiger partial charge in [0.05, 0.1) is 37.4 Å². The summed E-state index contributed by atoms with van der Waals surface area (Å²) in [6, 6.07) is 0. The Bertz CT molecular complexity index is 1760. The lowest BCUT2D eigenvalue weighted by Gasteiger charge is -2.64. The summed E-state index contributed by atoms with van der Waals surface area (Å²) in [6.07, 6.45) is -28.3. The molecule has 0 aromatic rings. The topological polar surface area (TPSA) is 374 Å². The zero-order valence-electron chi connectivity index (χ0n) is 37.5. The maximum Gasteiger partial charge on any atom is 0.314 e. The van der Waals surface area contributed by atoms with Gasteiger partial charge in [-0.05, 0) is 86.5 Å². The zero-order chi connectivity index (χ0) is 48.7. The Hall–Kier alpha value is -1.63. The number of aliphatic hydroxyl groups excluding tert-OH is 14. The van der Waals surface area contributed by atoms with E-state index in [2.05, 4.69) is 13.5 Å². The predicted molar refractivity (Wildman–Crippen MR) is 226 cm³/mol. The molecule has 8 rings (SSSR count). The summed E-state index contributed by atoms with van der Waals surface area (Å²) in [5, 5.41) is 147. The lowest BCUT2D eigenvalue weighted by atomic mass is 9.41. The van der Waals surface area contributed by atoms with Crippen LogP contribution in [0.4, 0.5) is 0 Å². The van der Waals surface area contributed by atoms with Gasteiger partial charge >= 0.3 is 5.97 Å². The molecular formula is C45H74O23. The van der Waals surface area contributed by atoms with Crippen molar-refractivity contribution in [3.63, 3.8) is 0 Å². The van der Waals surface area contributed by atoms with Gasteiger partial charge in [-0.25, -0.2) is 0 Å². The van der Waals surface area contributed by atoms with Gasteiger partial charge in [-0.1, -0.05) is 27.4 Å². The molecule has 1 spiro atoms. The predicted octanol–water partition coefficient (Wildman–Crippen LogP) is -4.48. The molecule has 22 unspecified atom stereocenters. The maximum atomic E-state index is 14.7. The minimum atomic E-state index is -1.90. The van der Waals surface area contributed by atoms with Crippen molar-refractivity contribution in [1.29, 1.82) is 0 Å². The Morgan fingerprint density at radius 3 is 1.51 bits per heavy atom. The molecule has 4 aliphatic carbocycles. The molecular weight excluding hydrogens is 908 g/mol. The summed E-state index contributed by atoms with van der Waals surface area (Å²) < 4.78 is 47.6. The molecule has 4 aliphatic heterocycles. The van der Waals surface area contributed by atoms with E-state index in [4.69, 9.17) is 37.9 Å². The Labute approximate surface area is 393 Å². The normalized spacial score (nSPS) is 53.7. The van der Waals surface area contributed by atoms with Crippen LogP contribution in [-0.4, -0.2) is 232 Å². The second kappa shape index (κ2) is 20.3. The van der Waals surface area contributed by atoms with Gasteiger partial charge in [0.25, 0.3) is 0 Å². The maximum absolute atomic E-state index is 14.7.